The van der Waals surface area contributed by atoms with Crippen LogP contribution < -0.4 is 5.32 Å². The van der Waals surface area contributed by atoms with Crippen molar-refractivity contribution >= 4 is 11.9 Å². The van der Waals surface area contributed by atoms with Crippen molar-refractivity contribution in [3.8, 4) is 0 Å². The van der Waals surface area contributed by atoms with Crippen LogP contribution in [0.1, 0.15) is 55.4 Å². The minimum Gasteiger partial charge on any atom is -0.476 e. The van der Waals surface area contributed by atoms with Crippen LogP contribution >= 0.6 is 0 Å². The predicted molar refractivity (Wildman–Crippen MR) is 75.8 cm³/mol. The Hall–Kier alpha value is -1.92. The van der Waals surface area contributed by atoms with E-state index in [0.29, 0.717) is 6.54 Å². The fourth-order valence-electron chi connectivity index (χ4n) is 2.77. The lowest BCUT2D eigenvalue weighted by Gasteiger charge is -2.21. The van der Waals surface area contributed by atoms with E-state index in [1.165, 1.54) is 49.4 Å². The van der Waals surface area contributed by atoms with Gasteiger partial charge in [0.15, 0.2) is 5.69 Å². The SMILES string of the molecule is O=C(Cn1cc(C(=O)O)nn1)NCCCC1CCCCC1. The first-order valence-electron chi connectivity index (χ1n) is 7.55. The number of rotatable bonds is 7. The number of carbonyl (C=O) groups is 2. The van der Waals surface area contributed by atoms with E-state index in [4.69, 9.17) is 5.11 Å². The third kappa shape index (κ3) is 5.17. The van der Waals surface area contributed by atoms with Gasteiger partial charge >= 0.3 is 5.97 Å². The summed E-state index contributed by atoms with van der Waals surface area (Å²) in [5.74, 6) is -0.487. The molecule has 1 aliphatic carbocycles. The van der Waals surface area contributed by atoms with Gasteiger partial charge in [-0.3, -0.25) is 4.79 Å². The average Bonchev–Trinajstić information content (AvgIpc) is 2.93. The molecule has 2 N–H and O–H groups in total. The highest BCUT2D eigenvalue weighted by Gasteiger charge is 2.13. The summed E-state index contributed by atoms with van der Waals surface area (Å²) >= 11 is 0. The van der Waals surface area contributed by atoms with E-state index in [2.05, 4.69) is 15.6 Å². The molecule has 0 radical (unpaired) electrons. The van der Waals surface area contributed by atoms with E-state index >= 15 is 0 Å². The second-order valence-electron chi connectivity index (χ2n) is 5.60. The molecule has 1 fully saturated rings. The van der Waals surface area contributed by atoms with Gasteiger partial charge in [-0.15, -0.1) is 5.10 Å². The van der Waals surface area contributed by atoms with Crippen LogP contribution in [-0.4, -0.2) is 38.5 Å². The van der Waals surface area contributed by atoms with E-state index in [1.54, 1.807) is 0 Å². The molecule has 1 amide bonds. The number of aromatic nitrogens is 3. The Kier molecular flexibility index (Phi) is 5.71. The van der Waals surface area contributed by atoms with Crippen molar-refractivity contribution in [1.29, 1.82) is 0 Å². The summed E-state index contributed by atoms with van der Waals surface area (Å²) in [7, 11) is 0. The Labute approximate surface area is 123 Å². The number of nitrogens with one attached hydrogen (secondary N) is 1. The van der Waals surface area contributed by atoms with Gasteiger partial charge in [-0.1, -0.05) is 37.3 Å². The number of amides is 1. The maximum Gasteiger partial charge on any atom is 0.358 e. The summed E-state index contributed by atoms with van der Waals surface area (Å²) in [6.07, 6.45) is 10.1. The van der Waals surface area contributed by atoms with Crippen molar-refractivity contribution in [2.45, 2.75) is 51.5 Å². The van der Waals surface area contributed by atoms with Crippen LogP contribution in [0.15, 0.2) is 6.20 Å². The molecule has 1 heterocycles. The summed E-state index contributed by atoms with van der Waals surface area (Å²) in [5, 5.41) is 18.6. The van der Waals surface area contributed by atoms with E-state index in [1.807, 2.05) is 0 Å². The monoisotopic (exact) mass is 294 g/mol. The van der Waals surface area contributed by atoms with Gasteiger partial charge in [0.1, 0.15) is 6.54 Å². The molecule has 0 bridgehead atoms. The second-order valence-corrected chi connectivity index (χ2v) is 5.60. The lowest BCUT2D eigenvalue weighted by atomic mass is 9.86. The highest BCUT2D eigenvalue weighted by atomic mass is 16.4. The molecule has 0 spiro atoms. The molecule has 2 rings (SSSR count). The van der Waals surface area contributed by atoms with Crippen molar-refractivity contribution < 1.29 is 14.7 Å². The lowest BCUT2D eigenvalue weighted by molar-refractivity contribution is -0.121. The predicted octanol–water partition coefficient (Wildman–Crippen LogP) is 1.45. The molecule has 116 valence electrons. The zero-order chi connectivity index (χ0) is 15.1. The standard InChI is InChI=1S/C14H22N4O3/c19-13(10-18-9-12(14(20)21)16-17-18)15-8-4-7-11-5-2-1-3-6-11/h9,11H,1-8,10H2,(H,15,19)(H,20,21). The van der Waals surface area contributed by atoms with Gasteiger partial charge < -0.3 is 10.4 Å². The minimum atomic E-state index is -1.14. The van der Waals surface area contributed by atoms with E-state index in [-0.39, 0.29) is 18.1 Å². The quantitative estimate of drug-likeness (QED) is 0.742. The molecule has 1 aromatic rings. The van der Waals surface area contributed by atoms with Gasteiger partial charge in [0, 0.05) is 6.54 Å². The first-order valence-corrected chi connectivity index (χ1v) is 7.55. The van der Waals surface area contributed by atoms with Gasteiger partial charge in [0.2, 0.25) is 5.91 Å². The fourth-order valence-corrected chi connectivity index (χ4v) is 2.77. The summed E-state index contributed by atoms with van der Waals surface area (Å²) < 4.78 is 1.24. The Morgan fingerprint density at radius 2 is 2.10 bits per heavy atom. The van der Waals surface area contributed by atoms with Crippen LogP contribution in [0.25, 0.3) is 0 Å². The van der Waals surface area contributed by atoms with Crippen LogP contribution in [-0.2, 0) is 11.3 Å². The summed E-state index contributed by atoms with van der Waals surface area (Å²) in [5.41, 5.74) is -0.153. The third-order valence-corrected chi connectivity index (χ3v) is 3.90. The lowest BCUT2D eigenvalue weighted by Crippen LogP contribution is -2.29. The Morgan fingerprint density at radius 1 is 1.33 bits per heavy atom. The molecular formula is C14H22N4O3. The number of carbonyl (C=O) groups excluding carboxylic acids is 1. The third-order valence-electron chi connectivity index (χ3n) is 3.90. The number of hydrogen-bond donors (Lipinski definition) is 2. The van der Waals surface area contributed by atoms with Crippen LogP contribution in [0.4, 0.5) is 0 Å². The number of carboxylic acids is 1. The van der Waals surface area contributed by atoms with E-state index in [9.17, 15) is 9.59 Å². The van der Waals surface area contributed by atoms with Crippen LogP contribution in [0.5, 0.6) is 0 Å². The number of aromatic carboxylic acids is 1. The van der Waals surface area contributed by atoms with Gasteiger partial charge in [-0.05, 0) is 18.8 Å². The van der Waals surface area contributed by atoms with Crippen molar-refractivity contribution in [3.63, 3.8) is 0 Å². The van der Waals surface area contributed by atoms with Gasteiger partial charge in [-0.2, -0.15) is 0 Å². The molecule has 0 aliphatic heterocycles. The van der Waals surface area contributed by atoms with Gasteiger partial charge in [0.05, 0.1) is 6.20 Å². The highest BCUT2D eigenvalue weighted by Crippen LogP contribution is 2.26. The largest absolute Gasteiger partial charge is 0.476 e. The zero-order valence-electron chi connectivity index (χ0n) is 12.1. The Balaban J connectivity index is 1.61. The molecule has 1 aromatic heterocycles. The molecular weight excluding hydrogens is 272 g/mol. The number of nitrogens with zero attached hydrogens (tertiary/aromatic N) is 3. The molecule has 21 heavy (non-hydrogen) atoms. The Morgan fingerprint density at radius 3 is 2.76 bits per heavy atom. The Bertz CT molecular complexity index is 480. The molecule has 0 unspecified atom stereocenters. The normalized spacial score (nSPS) is 15.8. The molecule has 7 heteroatoms. The van der Waals surface area contributed by atoms with Crippen LogP contribution in [0.2, 0.25) is 0 Å². The van der Waals surface area contributed by atoms with Gasteiger partial charge in [-0.25, -0.2) is 9.48 Å². The maximum atomic E-state index is 11.7. The van der Waals surface area contributed by atoms with Crippen molar-refractivity contribution in [2.24, 2.45) is 5.92 Å². The molecule has 1 saturated carbocycles. The average molecular weight is 294 g/mol. The van der Waals surface area contributed by atoms with Crippen molar-refractivity contribution in [3.05, 3.63) is 11.9 Å². The number of carboxylic acid groups (broad SMARTS) is 1. The summed E-state index contributed by atoms with van der Waals surface area (Å²) in [6.45, 7) is 0.666. The van der Waals surface area contributed by atoms with Gasteiger partial charge in [0.25, 0.3) is 0 Å². The van der Waals surface area contributed by atoms with Crippen molar-refractivity contribution in [1.82, 2.24) is 20.3 Å². The molecule has 7 nitrogen and oxygen atoms in total. The summed E-state index contributed by atoms with van der Waals surface area (Å²) in [4.78, 5) is 22.3. The maximum absolute atomic E-state index is 11.7. The molecule has 0 aromatic carbocycles. The van der Waals surface area contributed by atoms with Crippen LogP contribution in [0, 0.1) is 5.92 Å². The topological polar surface area (TPSA) is 97.1 Å². The van der Waals surface area contributed by atoms with E-state index < -0.39 is 5.97 Å². The van der Waals surface area contributed by atoms with Crippen molar-refractivity contribution in [2.75, 3.05) is 6.54 Å². The van der Waals surface area contributed by atoms with E-state index in [0.717, 1.165) is 12.3 Å². The van der Waals surface area contributed by atoms with Crippen LogP contribution in [0.3, 0.4) is 0 Å². The minimum absolute atomic E-state index is 0.00368. The molecule has 1 aliphatic rings. The smallest absolute Gasteiger partial charge is 0.358 e. The second kappa shape index (κ2) is 7.75. The molecule has 0 atom stereocenters. The molecule has 0 saturated heterocycles. The highest BCUT2D eigenvalue weighted by molar-refractivity contribution is 5.84. The summed E-state index contributed by atoms with van der Waals surface area (Å²) in [6, 6.07) is 0. The number of hydrogen-bond acceptors (Lipinski definition) is 4. The zero-order valence-corrected chi connectivity index (χ0v) is 12.1. The first-order chi connectivity index (χ1) is 10.1. The fraction of sp³-hybridized carbons (Fsp3) is 0.714. The first kappa shape index (κ1) is 15.5.